The van der Waals surface area contributed by atoms with E-state index in [1.807, 2.05) is 28.5 Å². The highest BCUT2D eigenvalue weighted by atomic mass is 16.5. The molecule has 1 saturated heterocycles. The van der Waals surface area contributed by atoms with Gasteiger partial charge in [0.1, 0.15) is 6.04 Å². The maximum atomic E-state index is 13.2. The summed E-state index contributed by atoms with van der Waals surface area (Å²) in [7, 11) is 0. The highest BCUT2D eigenvalue weighted by Gasteiger charge is 2.37. The average Bonchev–Trinajstić information content (AvgIpc) is 3.30. The van der Waals surface area contributed by atoms with Crippen LogP contribution >= 0.6 is 0 Å². The monoisotopic (exact) mass is 377 g/mol. The topological polar surface area (TPSA) is 82.8 Å². The van der Waals surface area contributed by atoms with E-state index in [1.165, 1.54) is 0 Å². The van der Waals surface area contributed by atoms with Crippen LogP contribution < -0.4 is 0 Å². The number of carbonyl (C=O) groups is 2. The molecular weight excluding hydrogens is 346 g/mol. The van der Waals surface area contributed by atoms with Gasteiger partial charge in [0, 0.05) is 38.6 Å². The lowest BCUT2D eigenvalue weighted by Crippen LogP contribution is -2.45. The molecule has 1 aromatic rings. The van der Waals surface area contributed by atoms with Crippen LogP contribution in [0.4, 0.5) is 4.79 Å². The van der Waals surface area contributed by atoms with Crippen molar-refractivity contribution >= 4 is 11.9 Å². The predicted octanol–water partition coefficient (Wildman–Crippen LogP) is 2.61. The van der Waals surface area contributed by atoms with Gasteiger partial charge in [-0.25, -0.2) is 4.79 Å². The standard InChI is InChI=1S/C19H31N5O3/c1-4-22(5-2)19(26)23-11-10-16(17-20-14(3)21-27-17)24(13-12-23)18(25)15-8-6-7-9-15/h15-16H,4-13H2,1-3H3. The van der Waals surface area contributed by atoms with Gasteiger partial charge in [-0.1, -0.05) is 18.0 Å². The van der Waals surface area contributed by atoms with E-state index in [2.05, 4.69) is 10.1 Å². The van der Waals surface area contributed by atoms with Gasteiger partial charge in [0.25, 0.3) is 0 Å². The fraction of sp³-hybridized carbons (Fsp3) is 0.789. The quantitative estimate of drug-likeness (QED) is 0.805. The Labute approximate surface area is 160 Å². The van der Waals surface area contributed by atoms with Crippen molar-refractivity contribution in [3.8, 4) is 0 Å². The minimum Gasteiger partial charge on any atom is -0.337 e. The van der Waals surface area contributed by atoms with Gasteiger partial charge in [-0.3, -0.25) is 4.79 Å². The summed E-state index contributed by atoms with van der Waals surface area (Å²) in [4.78, 5) is 35.9. The summed E-state index contributed by atoms with van der Waals surface area (Å²) in [6.45, 7) is 8.74. The van der Waals surface area contributed by atoms with Crippen molar-refractivity contribution in [2.45, 2.75) is 58.9 Å². The maximum absolute atomic E-state index is 13.2. The van der Waals surface area contributed by atoms with Crippen LogP contribution in [-0.4, -0.2) is 69.5 Å². The van der Waals surface area contributed by atoms with Gasteiger partial charge in [0.15, 0.2) is 5.82 Å². The number of hydrogen-bond acceptors (Lipinski definition) is 5. The summed E-state index contributed by atoms with van der Waals surface area (Å²) in [6.07, 6.45) is 4.75. The van der Waals surface area contributed by atoms with Crippen LogP contribution in [0.3, 0.4) is 0 Å². The van der Waals surface area contributed by atoms with Crippen molar-refractivity contribution in [3.05, 3.63) is 11.7 Å². The second-order valence-corrected chi connectivity index (χ2v) is 7.44. The molecule has 0 radical (unpaired) electrons. The number of hydrogen-bond donors (Lipinski definition) is 0. The molecular formula is C19H31N5O3. The van der Waals surface area contributed by atoms with E-state index in [9.17, 15) is 9.59 Å². The van der Waals surface area contributed by atoms with Gasteiger partial charge in [-0.2, -0.15) is 4.98 Å². The van der Waals surface area contributed by atoms with E-state index in [0.717, 1.165) is 25.7 Å². The van der Waals surface area contributed by atoms with Crippen molar-refractivity contribution in [1.82, 2.24) is 24.8 Å². The van der Waals surface area contributed by atoms with E-state index in [-0.39, 0.29) is 23.9 Å². The molecule has 2 heterocycles. The number of nitrogens with zero attached hydrogens (tertiary/aromatic N) is 5. The minimum absolute atomic E-state index is 0.0376. The Morgan fingerprint density at radius 1 is 1.11 bits per heavy atom. The van der Waals surface area contributed by atoms with Gasteiger partial charge in [-0.05, 0) is 40.0 Å². The molecule has 8 heteroatoms. The first kappa shape index (κ1) is 19.6. The lowest BCUT2D eigenvalue weighted by molar-refractivity contribution is -0.138. The minimum atomic E-state index is -0.256. The van der Waals surface area contributed by atoms with Crippen molar-refractivity contribution in [3.63, 3.8) is 0 Å². The van der Waals surface area contributed by atoms with Gasteiger partial charge in [-0.15, -0.1) is 0 Å². The van der Waals surface area contributed by atoms with Crippen LogP contribution in [0.15, 0.2) is 4.52 Å². The van der Waals surface area contributed by atoms with E-state index in [0.29, 0.717) is 50.9 Å². The molecule has 0 spiro atoms. The molecule has 27 heavy (non-hydrogen) atoms. The Kier molecular flexibility index (Phi) is 6.34. The highest BCUT2D eigenvalue weighted by molar-refractivity contribution is 5.80. The van der Waals surface area contributed by atoms with Crippen molar-refractivity contribution < 1.29 is 14.1 Å². The molecule has 0 bridgehead atoms. The number of aryl methyl sites for hydroxylation is 1. The third kappa shape index (κ3) is 4.25. The Morgan fingerprint density at radius 3 is 2.41 bits per heavy atom. The largest absolute Gasteiger partial charge is 0.337 e. The third-order valence-corrected chi connectivity index (χ3v) is 5.78. The highest BCUT2D eigenvalue weighted by Crippen LogP contribution is 2.32. The molecule has 150 valence electrons. The maximum Gasteiger partial charge on any atom is 0.320 e. The summed E-state index contributed by atoms with van der Waals surface area (Å²) < 4.78 is 5.42. The molecule has 1 atom stereocenters. The first-order chi connectivity index (χ1) is 13.0. The van der Waals surface area contributed by atoms with Crippen LogP contribution in [0.25, 0.3) is 0 Å². The summed E-state index contributed by atoms with van der Waals surface area (Å²) in [5.41, 5.74) is 0. The smallest absolute Gasteiger partial charge is 0.320 e. The summed E-state index contributed by atoms with van der Waals surface area (Å²) >= 11 is 0. The number of carbonyl (C=O) groups excluding carboxylic acids is 2. The molecule has 8 nitrogen and oxygen atoms in total. The van der Waals surface area contributed by atoms with Crippen LogP contribution in [0.1, 0.15) is 63.7 Å². The van der Waals surface area contributed by atoms with Gasteiger partial charge >= 0.3 is 6.03 Å². The van der Waals surface area contributed by atoms with Gasteiger partial charge in [0.2, 0.25) is 11.8 Å². The van der Waals surface area contributed by atoms with E-state index in [4.69, 9.17) is 4.52 Å². The Hall–Kier alpha value is -2.12. The van der Waals surface area contributed by atoms with Crippen LogP contribution in [0, 0.1) is 12.8 Å². The molecule has 2 aliphatic rings. The normalized spacial score (nSPS) is 21.4. The first-order valence-electron chi connectivity index (χ1n) is 10.2. The third-order valence-electron chi connectivity index (χ3n) is 5.78. The van der Waals surface area contributed by atoms with E-state index >= 15 is 0 Å². The molecule has 2 fully saturated rings. The van der Waals surface area contributed by atoms with Gasteiger partial charge in [0.05, 0.1) is 0 Å². The summed E-state index contributed by atoms with van der Waals surface area (Å²) in [6, 6.07) is -0.218. The molecule has 1 saturated carbocycles. The lowest BCUT2D eigenvalue weighted by atomic mass is 10.0. The average molecular weight is 377 g/mol. The molecule has 3 rings (SSSR count). The Bertz CT molecular complexity index is 652. The fourth-order valence-corrected chi connectivity index (χ4v) is 4.19. The molecule has 1 aliphatic heterocycles. The zero-order valence-electron chi connectivity index (χ0n) is 16.7. The molecule has 1 aromatic heterocycles. The van der Waals surface area contributed by atoms with Crippen molar-refractivity contribution in [1.29, 1.82) is 0 Å². The summed E-state index contributed by atoms with van der Waals surface area (Å²) in [5, 5.41) is 3.91. The Morgan fingerprint density at radius 2 is 1.81 bits per heavy atom. The molecule has 1 aliphatic carbocycles. The zero-order valence-corrected chi connectivity index (χ0v) is 16.7. The van der Waals surface area contributed by atoms with E-state index < -0.39 is 0 Å². The number of urea groups is 1. The molecule has 3 amide bonds. The molecule has 0 aromatic carbocycles. The van der Waals surface area contributed by atoms with Crippen LogP contribution in [0.2, 0.25) is 0 Å². The fourth-order valence-electron chi connectivity index (χ4n) is 4.19. The number of aromatic nitrogens is 2. The van der Waals surface area contributed by atoms with E-state index in [1.54, 1.807) is 6.92 Å². The van der Waals surface area contributed by atoms with Crippen LogP contribution in [0.5, 0.6) is 0 Å². The molecule has 1 unspecified atom stereocenters. The van der Waals surface area contributed by atoms with Gasteiger partial charge < -0.3 is 19.2 Å². The first-order valence-corrected chi connectivity index (χ1v) is 10.2. The molecule has 0 N–H and O–H groups in total. The SMILES string of the molecule is CCN(CC)C(=O)N1CCC(c2nc(C)no2)N(C(=O)C2CCCC2)CC1. The second kappa shape index (κ2) is 8.71. The number of amides is 3. The lowest BCUT2D eigenvalue weighted by Gasteiger charge is -2.30. The second-order valence-electron chi connectivity index (χ2n) is 7.44. The van der Waals surface area contributed by atoms with Crippen molar-refractivity contribution in [2.75, 3.05) is 32.7 Å². The number of rotatable bonds is 4. The van der Waals surface area contributed by atoms with Crippen LogP contribution in [-0.2, 0) is 4.79 Å². The summed E-state index contributed by atoms with van der Waals surface area (Å²) in [5.74, 6) is 1.31. The predicted molar refractivity (Wildman–Crippen MR) is 100.0 cm³/mol. The zero-order chi connectivity index (χ0) is 19.4. The Balaban J connectivity index is 1.80. The van der Waals surface area contributed by atoms with Crippen molar-refractivity contribution in [2.24, 2.45) is 5.92 Å².